The van der Waals surface area contributed by atoms with Gasteiger partial charge >= 0.3 is 0 Å². The third kappa shape index (κ3) is 3.18. The molecule has 1 aromatic carbocycles. The Hall–Kier alpha value is -2.18. The highest BCUT2D eigenvalue weighted by atomic mass is 16.3. The van der Waals surface area contributed by atoms with Crippen LogP contribution < -0.4 is 0 Å². The van der Waals surface area contributed by atoms with Gasteiger partial charge in [-0.05, 0) is 19.2 Å². The van der Waals surface area contributed by atoms with Crippen LogP contribution in [0.15, 0.2) is 41.3 Å². The standard InChI is InChI=1S/C16H19N3O3/c1-18-6-7-19(10-14(20)9-18)16(21)13-4-2-12(3-5-13)15-8-17-11-22-15/h2-5,8,11,14,20H,6-7,9-10H2,1H3/t14-/m1/s1. The molecule has 1 fully saturated rings. The van der Waals surface area contributed by atoms with Crippen molar-refractivity contribution in [1.82, 2.24) is 14.8 Å². The number of aliphatic hydroxyl groups excluding tert-OH is 1. The average Bonchev–Trinajstić information content (AvgIpc) is 2.99. The largest absolute Gasteiger partial charge is 0.444 e. The van der Waals surface area contributed by atoms with Gasteiger partial charge in [0, 0.05) is 37.3 Å². The van der Waals surface area contributed by atoms with Crippen LogP contribution in [0.2, 0.25) is 0 Å². The van der Waals surface area contributed by atoms with E-state index in [1.165, 1.54) is 6.39 Å². The molecular formula is C16H19N3O3. The molecule has 0 saturated carbocycles. The highest BCUT2D eigenvalue weighted by molar-refractivity contribution is 5.94. The van der Waals surface area contributed by atoms with Gasteiger partial charge in [-0.1, -0.05) is 12.1 Å². The number of likely N-dealkylation sites (N-methyl/N-ethyl adjacent to an activating group) is 1. The minimum Gasteiger partial charge on any atom is -0.444 e. The van der Waals surface area contributed by atoms with Crippen molar-refractivity contribution < 1.29 is 14.3 Å². The average molecular weight is 301 g/mol. The molecule has 0 spiro atoms. The van der Waals surface area contributed by atoms with Crippen LogP contribution in [0.4, 0.5) is 0 Å². The Bertz CT molecular complexity index is 625. The molecule has 1 aromatic heterocycles. The molecule has 0 unspecified atom stereocenters. The van der Waals surface area contributed by atoms with Crippen LogP contribution in [-0.2, 0) is 0 Å². The van der Waals surface area contributed by atoms with Gasteiger partial charge < -0.3 is 19.3 Å². The number of carbonyl (C=O) groups is 1. The summed E-state index contributed by atoms with van der Waals surface area (Å²) >= 11 is 0. The predicted molar refractivity (Wildman–Crippen MR) is 81.3 cm³/mol. The second-order valence-corrected chi connectivity index (χ2v) is 5.61. The molecule has 1 atom stereocenters. The number of nitrogens with zero attached hydrogens (tertiary/aromatic N) is 3. The Morgan fingerprint density at radius 3 is 2.73 bits per heavy atom. The van der Waals surface area contributed by atoms with Crippen LogP contribution in [0, 0.1) is 0 Å². The lowest BCUT2D eigenvalue weighted by Gasteiger charge is -2.21. The SMILES string of the molecule is CN1CCN(C(=O)c2ccc(-c3cnco3)cc2)C[C@H](O)C1. The van der Waals surface area contributed by atoms with Crippen LogP contribution in [0.25, 0.3) is 11.3 Å². The number of carbonyl (C=O) groups excluding carboxylic acids is 1. The number of β-amino-alcohol motifs (C(OH)–C–C–N with tert-alkyl or cyclic N) is 1. The molecule has 0 bridgehead atoms. The first-order valence-electron chi connectivity index (χ1n) is 7.28. The van der Waals surface area contributed by atoms with Gasteiger partial charge in [0.1, 0.15) is 0 Å². The highest BCUT2D eigenvalue weighted by Crippen LogP contribution is 2.19. The zero-order valence-corrected chi connectivity index (χ0v) is 12.5. The molecule has 2 heterocycles. The van der Waals surface area contributed by atoms with E-state index in [1.54, 1.807) is 23.2 Å². The van der Waals surface area contributed by atoms with Crippen LogP contribution >= 0.6 is 0 Å². The molecule has 6 nitrogen and oxygen atoms in total. The lowest BCUT2D eigenvalue weighted by Crippen LogP contribution is -2.37. The number of oxazole rings is 1. The third-order valence-electron chi connectivity index (χ3n) is 3.84. The number of benzene rings is 1. The molecule has 1 N–H and O–H groups in total. The number of hydrogen-bond donors (Lipinski definition) is 1. The van der Waals surface area contributed by atoms with E-state index in [2.05, 4.69) is 4.98 Å². The Morgan fingerprint density at radius 2 is 2.05 bits per heavy atom. The second kappa shape index (κ2) is 6.29. The summed E-state index contributed by atoms with van der Waals surface area (Å²) in [6, 6.07) is 7.24. The summed E-state index contributed by atoms with van der Waals surface area (Å²) in [7, 11) is 1.95. The molecular weight excluding hydrogens is 282 g/mol. The quantitative estimate of drug-likeness (QED) is 0.899. The van der Waals surface area contributed by atoms with Crippen molar-refractivity contribution in [2.75, 3.05) is 33.2 Å². The molecule has 22 heavy (non-hydrogen) atoms. The monoisotopic (exact) mass is 301 g/mol. The Balaban J connectivity index is 1.74. The van der Waals surface area contributed by atoms with Crippen molar-refractivity contribution >= 4 is 5.91 Å². The second-order valence-electron chi connectivity index (χ2n) is 5.61. The van der Waals surface area contributed by atoms with E-state index in [0.29, 0.717) is 31.0 Å². The molecule has 1 aliphatic rings. The molecule has 2 aromatic rings. The fourth-order valence-electron chi connectivity index (χ4n) is 2.65. The summed E-state index contributed by atoms with van der Waals surface area (Å²) in [5.74, 6) is 0.615. The summed E-state index contributed by atoms with van der Waals surface area (Å²) in [5.41, 5.74) is 1.49. The Labute approximate surface area is 129 Å². The van der Waals surface area contributed by atoms with Crippen LogP contribution in [0.5, 0.6) is 0 Å². The van der Waals surface area contributed by atoms with E-state index in [-0.39, 0.29) is 5.91 Å². The maximum Gasteiger partial charge on any atom is 0.253 e. The molecule has 6 heteroatoms. The summed E-state index contributed by atoms with van der Waals surface area (Å²) in [4.78, 5) is 20.2. The summed E-state index contributed by atoms with van der Waals surface area (Å²) < 4.78 is 5.23. The smallest absolute Gasteiger partial charge is 0.253 e. The van der Waals surface area contributed by atoms with E-state index in [9.17, 15) is 9.90 Å². The van der Waals surface area contributed by atoms with Gasteiger partial charge in [-0.3, -0.25) is 4.79 Å². The summed E-state index contributed by atoms with van der Waals surface area (Å²) in [6.07, 6.45) is 2.51. The molecule has 0 aliphatic carbocycles. The van der Waals surface area contributed by atoms with E-state index in [0.717, 1.165) is 12.1 Å². The zero-order valence-electron chi connectivity index (χ0n) is 12.5. The van der Waals surface area contributed by atoms with Crippen LogP contribution in [0.3, 0.4) is 0 Å². The fraction of sp³-hybridized carbons (Fsp3) is 0.375. The lowest BCUT2D eigenvalue weighted by molar-refractivity contribution is 0.0667. The normalized spacial score (nSPS) is 19.9. The topological polar surface area (TPSA) is 69.8 Å². The highest BCUT2D eigenvalue weighted by Gasteiger charge is 2.23. The minimum absolute atomic E-state index is 0.0570. The van der Waals surface area contributed by atoms with Crippen LogP contribution in [0.1, 0.15) is 10.4 Å². The van der Waals surface area contributed by atoms with Gasteiger partial charge in [0.05, 0.1) is 12.3 Å². The van der Waals surface area contributed by atoms with Crippen molar-refractivity contribution in [2.45, 2.75) is 6.10 Å². The fourth-order valence-corrected chi connectivity index (χ4v) is 2.65. The summed E-state index contributed by atoms with van der Waals surface area (Å²) in [5, 5.41) is 9.94. The van der Waals surface area contributed by atoms with Gasteiger partial charge in [-0.25, -0.2) is 4.98 Å². The van der Waals surface area contributed by atoms with Gasteiger partial charge in [0.15, 0.2) is 12.2 Å². The van der Waals surface area contributed by atoms with Crippen molar-refractivity contribution in [3.8, 4) is 11.3 Å². The van der Waals surface area contributed by atoms with Crippen molar-refractivity contribution in [3.63, 3.8) is 0 Å². The van der Waals surface area contributed by atoms with Gasteiger partial charge in [0.25, 0.3) is 5.91 Å². The maximum atomic E-state index is 12.6. The first-order chi connectivity index (χ1) is 10.6. The minimum atomic E-state index is -0.509. The van der Waals surface area contributed by atoms with Crippen molar-refractivity contribution in [1.29, 1.82) is 0 Å². The number of amides is 1. The molecule has 3 rings (SSSR count). The van der Waals surface area contributed by atoms with E-state index in [4.69, 9.17) is 4.42 Å². The third-order valence-corrected chi connectivity index (χ3v) is 3.84. The molecule has 0 radical (unpaired) electrons. The van der Waals surface area contributed by atoms with Gasteiger partial charge in [-0.2, -0.15) is 0 Å². The van der Waals surface area contributed by atoms with Crippen molar-refractivity contribution in [3.05, 3.63) is 42.4 Å². The maximum absolute atomic E-state index is 12.6. The lowest BCUT2D eigenvalue weighted by atomic mass is 10.1. The number of rotatable bonds is 2. The number of hydrogen-bond acceptors (Lipinski definition) is 5. The molecule has 1 saturated heterocycles. The first kappa shape index (κ1) is 14.7. The van der Waals surface area contributed by atoms with Gasteiger partial charge in [-0.15, -0.1) is 0 Å². The molecule has 1 amide bonds. The Kier molecular flexibility index (Phi) is 4.22. The number of aromatic nitrogens is 1. The molecule has 116 valence electrons. The first-order valence-corrected chi connectivity index (χ1v) is 7.28. The number of aliphatic hydroxyl groups is 1. The van der Waals surface area contributed by atoms with E-state index < -0.39 is 6.10 Å². The predicted octanol–water partition coefficient (Wildman–Crippen LogP) is 1.09. The van der Waals surface area contributed by atoms with E-state index in [1.807, 2.05) is 24.1 Å². The van der Waals surface area contributed by atoms with E-state index >= 15 is 0 Å². The molecule has 1 aliphatic heterocycles. The zero-order chi connectivity index (χ0) is 15.5. The summed E-state index contributed by atoms with van der Waals surface area (Å²) in [6.45, 7) is 2.34. The Morgan fingerprint density at radius 1 is 1.27 bits per heavy atom. The van der Waals surface area contributed by atoms with Gasteiger partial charge in [0.2, 0.25) is 0 Å². The van der Waals surface area contributed by atoms with Crippen molar-refractivity contribution in [2.24, 2.45) is 0 Å². The van der Waals surface area contributed by atoms with Crippen LogP contribution in [-0.4, -0.2) is 65.1 Å².